The molecule has 0 unspecified atom stereocenters. The van der Waals surface area contributed by atoms with E-state index in [1.165, 1.54) is 0 Å². The molecule has 0 bridgehead atoms. The summed E-state index contributed by atoms with van der Waals surface area (Å²) in [6, 6.07) is 0. The molecule has 0 amide bonds. The Morgan fingerprint density at radius 2 is 2.00 bits per heavy atom. The summed E-state index contributed by atoms with van der Waals surface area (Å²) in [6.45, 7) is 0.767. The fourth-order valence-electron chi connectivity index (χ4n) is 0.510. The van der Waals surface area contributed by atoms with Crippen molar-refractivity contribution in [1.29, 1.82) is 0 Å². The summed E-state index contributed by atoms with van der Waals surface area (Å²) in [5.74, 6) is 4.62. The number of nitrogens with two attached hydrogens (primary N) is 1. The minimum absolute atomic E-state index is 0.383. The van der Waals surface area contributed by atoms with Crippen LogP contribution in [0.1, 0.15) is 6.42 Å². The first-order valence-electron chi connectivity index (χ1n) is 2.54. The number of hydrogen-bond acceptors (Lipinski definition) is 5. The van der Waals surface area contributed by atoms with Crippen molar-refractivity contribution in [3.05, 3.63) is 0 Å². The van der Waals surface area contributed by atoms with E-state index in [1.807, 2.05) is 0 Å². The SMILES string of the molecule is NOP1(=O)OCCCO1. The second kappa shape index (κ2) is 2.77. The molecule has 0 aliphatic carbocycles. The first kappa shape index (κ1) is 7.18. The number of hydrogen-bond donors (Lipinski definition) is 1. The largest absolute Gasteiger partial charge is 0.491 e. The van der Waals surface area contributed by atoms with Gasteiger partial charge in [-0.25, -0.2) is 15.1 Å². The Morgan fingerprint density at radius 3 is 2.33 bits per heavy atom. The maximum atomic E-state index is 10.8. The van der Waals surface area contributed by atoms with Crippen LogP contribution in [0.4, 0.5) is 0 Å². The van der Waals surface area contributed by atoms with Gasteiger partial charge in [0.05, 0.1) is 13.2 Å². The molecule has 1 saturated heterocycles. The van der Waals surface area contributed by atoms with Crippen molar-refractivity contribution in [2.24, 2.45) is 5.90 Å². The van der Waals surface area contributed by atoms with Crippen LogP contribution < -0.4 is 5.90 Å². The molecule has 1 fully saturated rings. The van der Waals surface area contributed by atoms with Gasteiger partial charge >= 0.3 is 7.82 Å². The molecule has 54 valence electrons. The Kier molecular flexibility index (Phi) is 2.21. The van der Waals surface area contributed by atoms with E-state index in [-0.39, 0.29) is 0 Å². The normalized spacial score (nSPS) is 25.9. The smallest absolute Gasteiger partial charge is 0.286 e. The number of phosphoric ester groups is 1. The third-order valence-electron chi connectivity index (χ3n) is 0.917. The van der Waals surface area contributed by atoms with Crippen molar-refractivity contribution in [1.82, 2.24) is 0 Å². The Labute approximate surface area is 52.6 Å². The van der Waals surface area contributed by atoms with Gasteiger partial charge in [0.25, 0.3) is 0 Å². The van der Waals surface area contributed by atoms with E-state index < -0.39 is 7.82 Å². The average Bonchev–Trinajstić information content (AvgIpc) is 1.90. The fraction of sp³-hybridized carbons (Fsp3) is 1.00. The van der Waals surface area contributed by atoms with Crippen LogP contribution in [0.3, 0.4) is 0 Å². The predicted octanol–water partition coefficient (Wildman–Crippen LogP) is 0.422. The molecule has 0 radical (unpaired) electrons. The van der Waals surface area contributed by atoms with Gasteiger partial charge in [-0.05, 0) is 6.42 Å². The Bertz CT molecular complexity index is 128. The van der Waals surface area contributed by atoms with Crippen molar-refractivity contribution in [2.45, 2.75) is 6.42 Å². The fourth-order valence-corrected chi connectivity index (χ4v) is 1.41. The van der Waals surface area contributed by atoms with Crippen molar-refractivity contribution in [2.75, 3.05) is 13.2 Å². The summed E-state index contributed by atoms with van der Waals surface area (Å²) < 4.78 is 24.0. The molecule has 1 heterocycles. The summed E-state index contributed by atoms with van der Waals surface area (Å²) in [5, 5.41) is 0. The highest BCUT2D eigenvalue weighted by Crippen LogP contribution is 2.49. The number of phosphoric acid groups is 1. The van der Waals surface area contributed by atoms with Gasteiger partial charge in [-0.3, -0.25) is 9.05 Å². The molecule has 6 heteroatoms. The van der Waals surface area contributed by atoms with Gasteiger partial charge in [0.15, 0.2) is 0 Å². The number of rotatable bonds is 1. The minimum atomic E-state index is -3.32. The molecule has 0 aromatic rings. The van der Waals surface area contributed by atoms with E-state index in [0.717, 1.165) is 6.42 Å². The summed E-state index contributed by atoms with van der Waals surface area (Å²) >= 11 is 0. The van der Waals surface area contributed by atoms with E-state index in [9.17, 15) is 4.57 Å². The Balaban J connectivity index is 2.47. The third-order valence-corrected chi connectivity index (χ3v) is 2.17. The van der Waals surface area contributed by atoms with Gasteiger partial charge in [0, 0.05) is 0 Å². The molecular weight excluding hydrogens is 145 g/mol. The minimum Gasteiger partial charge on any atom is -0.286 e. The quantitative estimate of drug-likeness (QED) is 0.436. The topological polar surface area (TPSA) is 70.8 Å². The molecule has 2 N–H and O–H groups in total. The monoisotopic (exact) mass is 153 g/mol. The molecule has 1 aliphatic heterocycles. The molecule has 0 aromatic carbocycles. The van der Waals surface area contributed by atoms with Gasteiger partial charge in [-0.2, -0.15) is 0 Å². The summed E-state index contributed by atoms with van der Waals surface area (Å²) in [7, 11) is -3.32. The van der Waals surface area contributed by atoms with Gasteiger partial charge in [-0.15, -0.1) is 0 Å². The van der Waals surface area contributed by atoms with Crippen molar-refractivity contribution >= 4 is 7.82 Å². The molecule has 1 rings (SSSR count). The van der Waals surface area contributed by atoms with Crippen molar-refractivity contribution in [3.63, 3.8) is 0 Å². The van der Waals surface area contributed by atoms with Crippen LogP contribution in [0.25, 0.3) is 0 Å². The zero-order valence-corrected chi connectivity index (χ0v) is 5.67. The van der Waals surface area contributed by atoms with Gasteiger partial charge in [-0.1, -0.05) is 0 Å². The van der Waals surface area contributed by atoms with Crippen LogP contribution in [0.5, 0.6) is 0 Å². The lowest BCUT2D eigenvalue weighted by Gasteiger charge is -2.18. The zero-order valence-electron chi connectivity index (χ0n) is 4.78. The molecule has 0 saturated carbocycles. The lowest BCUT2D eigenvalue weighted by molar-refractivity contribution is 0.0749. The summed E-state index contributed by atoms with van der Waals surface area (Å²) in [6.07, 6.45) is 0.730. The highest BCUT2D eigenvalue weighted by atomic mass is 31.2. The average molecular weight is 153 g/mol. The summed E-state index contributed by atoms with van der Waals surface area (Å²) in [5.41, 5.74) is 0. The molecule has 9 heavy (non-hydrogen) atoms. The lowest BCUT2D eigenvalue weighted by atomic mass is 10.5. The highest BCUT2D eigenvalue weighted by Gasteiger charge is 2.28. The second-order valence-electron chi connectivity index (χ2n) is 1.57. The Hall–Kier alpha value is 0.0700. The van der Waals surface area contributed by atoms with Crippen LogP contribution in [-0.4, -0.2) is 13.2 Å². The van der Waals surface area contributed by atoms with E-state index in [2.05, 4.69) is 19.6 Å². The Morgan fingerprint density at radius 1 is 1.44 bits per heavy atom. The second-order valence-corrected chi connectivity index (χ2v) is 3.19. The first-order chi connectivity index (χ1) is 4.27. The van der Waals surface area contributed by atoms with Crippen LogP contribution in [0.2, 0.25) is 0 Å². The molecular formula is C3H8NO4P. The highest BCUT2D eigenvalue weighted by molar-refractivity contribution is 7.48. The summed E-state index contributed by atoms with van der Waals surface area (Å²) in [4.78, 5) is 0. The van der Waals surface area contributed by atoms with Gasteiger partial charge < -0.3 is 0 Å². The van der Waals surface area contributed by atoms with Crippen molar-refractivity contribution < 1.29 is 18.2 Å². The molecule has 0 aromatic heterocycles. The predicted molar refractivity (Wildman–Crippen MR) is 29.4 cm³/mol. The molecule has 5 nitrogen and oxygen atoms in total. The van der Waals surface area contributed by atoms with E-state index in [0.29, 0.717) is 13.2 Å². The maximum absolute atomic E-state index is 10.8. The van der Waals surface area contributed by atoms with Crippen LogP contribution >= 0.6 is 7.82 Å². The van der Waals surface area contributed by atoms with Gasteiger partial charge in [0.2, 0.25) is 0 Å². The van der Waals surface area contributed by atoms with Crippen LogP contribution in [0.15, 0.2) is 0 Å². The molecule has 0 atom stereocenters. The van der Waals surface area contributed by atoms with Crippen LogP contribution in [0, 0.1) is 0 Å². The van der Waals surface area contributed by atoms with Gasteiger partial charge in [0.1, 0.15) is 0 Å². The zero-order chi connectivity index (χ0) is 6.74. The first-order valence-corrected chi connectivity index (χ1v) is 4.00. The third kappa shape index (κ3) is 1.74. The van der Waals surface area contributed by atoms with E-state index in [1.54, 1.807) is 0 Å². The standard InChI is InChI=1S/C3H8NO4P/c4-8-9(5)6-2-1-3-7-9/h1-4H2. The lowest BCUT2D eigenvalue weighted by Crippen LogP contribution is -2.12. The molecule has 0 spiro atoms. The van der Waals surface area contributed by atoms with Crippen LogP contribution in [-0.2, 0) is 18.2 Å². The van der Waals surface area contributed by atoms with Crippen molar-refractivity contribution in [3.8, 4) is 0 Å². The van der Waals surface area contributed by atoms with E-state index >= 15 is 0 Å². The molecule has 1 aliphatic rings. The maximum Gasteiger partial charge on any atom is 0.491 e. The van der Waals surface area contributed by atoms with E-state index in [4.69, 9.17) is 0 Å².